The Bertz CT molecular complexity index is 579. The van der Waals surface area contributed by atoms with Crippen molar-refractivity contribution in [3.8, 4) is 0 Å². The SMILES string of the molecule is CC(C)OC(=O)c1cc(NC(=O)C2SCOC2C)ccc1Cl. The minimum Gasteiger partial charge on any atom is -0.459 e. The highest BCUT2D eigenvalue weighted by Crippen LogP contribution is 2.28. The van der Waals surface area contributed by atoms with Crippen molar-refractivity contribution < 1.29 is 19.1 Å². The minimum atomic E-state index is -0.511. The van der Waals surface area contributed by atoms with Gasteiger partial charge in [-0.25, -0.2) is 4.79 Å². The van der Waals surface area contributed by atoms with Gasteiger partial charge in [-0.3, -0.25) is 4.79 Å². The summed E-state index contributed by atoms with van der Waals surface area (Å²) < 4.78 is 10.5. The number of benzene rings is 1. The molecular weight excluding hydrogens is 326 g/mol. The molecule has 2 unspecified atom stereocenters. The van der Waals surface area contributed by atoms with Crippen LogP contribution in [0.2, 0.25) is 5.02 Å². The van der Waals surface area contributed by atoms with E-state index in [1.807, 2.05) is 6.92 Å². The number of halogens is 1. The zero-order valence-electron chi connectivity index (χ0n) is 12.6. The lowest BCUT2D eigenvalue weighted by Crippen LogP contribution is -2.31. The molecule has 7 heteroatoms. The van der Waals surface area contributed by atoms with Crippen LogP contribution >= 0.6 is 23.4 Å². The average molecular weight is 344 g/mol. The monoisotopic (exact) mass is 343 g/mol. The molecule has 0 spiro atoms. The van der Waals surface area contributed by atoms with Crippen LogP contribution in [0.25, 0.3) is 0 Å². The second-order valence-corrected chi connectivity index (χ2v) is 6.70. The van der Waals surface area contributed by atoms with E-state index in [0.29, 0.717) is 11.6 Å². The third kappa shape index (κ3) is 4.15. The number of esters is 1. The number of carbonyl (C=O) groups is 2. The molecule has 0 aromatic heterocycles. The Morgan fingerprint density at radius 2 is 2.18 bits per heavy atom. The van der Waals surface area contributed by atoms with Crippen LogP contribution < -0.4 is 5.32 Å². The maximum atomic E-state index is 12.2. The fourth-order valence-electron chi connectivity index (χ4n) is 1.98. The predicted octanol–water partition coefficient (Wildman–Crippen LogP) is 3.32. The highest BCUT2D eigenvalue weighted by molar-refractivity contribution is 8.00. The van der Waals surface area contributed by atoms with E-state index < -0.39 is 5.97 Å². The Morgan fingerprint density at radius 1 is 1.45 bits per heavy atom. The molecule has 1 aromatic carbocycles. The molecule has 120 valence electrons. The van der Waals surface area contributed by atoms with Crippen LogP contribution in [-0.2, 0) is 14.3 Å². The van der Waals surface area contributed by atoms with Crippen molar-refractivity contribution in [1.82, 2.24) is 0 Å². The Morgan fingerprint density at radius 3 is 2.77 bits per heavy atom. The summed E-state index contributed by atoms with van der Waals surface area (Å²) in [5.41, 5.74) is 0.737. The first-order valence-electron chi connectivity index (χ1n) is 6.93. The van der Waals surface area contributed by atoms with Gasteiger partial charge in [0.2, 0.25) is 5.91 Å². The Balaban J connectivity index is 2.12. The fourth-order valence-corrected chi connectivity index (χ4v) is 3.18. The number of ether oxygens (including phenoxy) is 2. The lowest BCUT2D eigenvalue weighted by Gasteiger charge is -2.14. The number of hydrogen-bond acceptors (Lipinski definition) is 5. The first-order chi connectivity index (χ1) is 10.4. The number of hydrogen-bond donors (Lipinski definition) is 1. The molecule has 1 saturated heterocycles. The summed E-state index contributed by atoms with van der Waals surface area (Å²) in [6.45, 7) is 5.38. The quantitative estimate of drug-likeness (QED) is 0.849. The van der Waals surface area contributed by atoms with Gasteiger partial charge in [-0.1, -0.05) is 11.6 Å². The maximum Gasteiger partial charge on any atom is 0.339 e. The van der Waals surface area contributed by atoms with E-state index in [1.165, 1.54) is 17.8 Å². The predicted molar refractivity (Wildman–Crippen MR) is 87.4 cm³/mol. The summed E-state index contributed by atoms with van der Waals surface area (Å²) in [6, 6.07) is 4.74. The van der Waals surface area contributed by atoms with Gasteiger partial charge in [0.15, 0.2) is 0 Å². The number of thioether (sulfide) groups is 1. The molecule has 0 aliphatic carbocycles. The van der Waals surface area contributed by atoms with Crippen LogP contribution in [0, 0.1) is 0 Å². The normalized spacial score (nSPS) is 21.0. The first kappa shape index (κ1) is 17.1. The van der Waals surface area contributed by atoms with Gasteiger partial charge in [0.25, 0.3) is 0 Å². The van der Waals surface area contributed by atoms with Crippen LogP contribution in [0.5, 0.6) is 0 Å². The molecule has 1 aliphatic rings. The zero-order valence-corrected chi connectivity index (χ0v) is 14.2. The molecule has 0 radical (unpaired) electrons. The largest absolute Gasteiger partial charge is 0.459 e. The van der Waals surface area contributed by atoms with Crippen molar-refractivity contribution in [2.24, 2.45) is 0 Å². The van der Waals surface area contributed by atoms with Gasteiger partial charge in [0.05, 0.1) is 28.7 Å². The van der Waals surface area contributed by atoms with Gasteiger partial charge in [0.1, 0.15) is 5.25 Å². The van der Waals surface area contributed by atoms with E-state index in [4.69, 9.17) is 21.1 Å². The number of carbonyl (C=O) groups excluding carboxylic acids is 2. The van der Waals surface area contributed by atoms with E-state index in [9.17, 15) is 9.59 Å². The highest BCUT2D eigenvalue weighted by Gasteiger charge is 2.31. The van der Waals surface area contributed by atoms with Gasteiger partial charge in [-0.15, -0.1) is 11.8 Å². The molecule has 1 amide bonds. The van der Waals surface area contributed by atoms with Gasteiger partial charge in [0, 0.05) is 5.69 Å². The Kier molecular flexibility index (Phi) is 5.72. The number of amides is 1. The first-order valence-corrected chi connectivity index (χ1v) is 8.35. The lowest BCUT2D eigenvalue weighted by atomic mass is 10.2. The van der Waals surface area contributed by atoms with Crippen molar-refractivity contribution in [3.05, 3.63) is 28.8 Å². The molecule has 1 N–H and O–H groups in total. The number of nitrogens with one attached hydrogen (secondary N) is 1. The summed E-state index contributed by atoms with van der Waals surface area (Å²) in [4.78, 5) is 24.2. The third-order valence-electron chi connectivity index (χ3n) is 3.06. The van der Waals surface area contributed by atoms with Crippen molar-refractivity contribution in [2.75, 3.05) is 11.3 Å². The van der Waals surface area contributed by atoms with E-state index in [1.54, 1.807) is 26.0 Å². The van der Waals surface area contributed by atoms with Crippen LogP contribution in [0.1, 0.15) is 31.1 Å². The standard InChI is InChI=1S/C15H18ClNO4S/c1-8(2)21-15(19)11-6-10(4-5-12(11)16)17-14(18)13-9(3)20-7-22-13/h4-6,8-9,13H,7H2,1-3H3,(H,17,18). The van der Waals surface area contributed by atoms with E-state index in [2.05, 4.69) is 5.32 Å². The number of anilines is 1. The molecule has 1 aromatic rings. The van der Waals surface area contributed by atoms with Crippen molar-refractivity contribution in [2.45, 2.75) is 38.2 Å². The van der Waals surface area contributed by atoms with Gasteiger partial charge >= 0.3 is 5.97 Å². The van der Waals surface area contributed by atoms with Crippen LogP contribution in [0.4, 0.5) is 5.69 Å². The Labute approximate surface area is 138 Å². The third-order valence-corrected chi connectivity index (χ3v) is 4.62. The molecule has 0 saturated carbocycles. The van der Waals surface area contributed by atoms with Gasteiger partial charge in [-0.2, -0.15) is 0 Å². The Hall–Kier alpha value is -1.24. The van der Waals surface area contributed by atoms with E-state index >= 15 is 0 Å². The van der Waals surface area contributed by atoms with Crippen molar-refractivity contribution >= 4 is 40.9 Å². The van der Waals surface area contributed by atoms with Crippen LogP contribution in [-0.4, -0.2) is 35.3 Å². The molecule has 2 rings (SSSR count). The second kappa shape index (κ2) is 7.35. The average Bonchev–Trinajstić information content (AvgIpc) is 2.86. The molecule has 1 fully saturated rings. The summed E-state index contributed by atoms with van der Waals surface area (Å²) in [7, 11) is 0. The summed E-state index contributed by atoms with van der Waals surface area (Å²) in [5.74, 6) is -0.158. The lowest BCUT2D eigenvalue weighted by molar-refractivity contribution is -0.117. The number of rotatable bonds is 4. The summed E-state index contributed by atoms with van der Waals surface area (Å²) in [6.07, 6.45) is -0.377. The molecule has 0 bridgehead atoms. The van der Waals surface area contributed by atoms with E-state index in [0.717, 1.165) is 0 Å². The molecule has 5 nitrogen and oxygen atoms in total. The summed E-state index contributed by atoms with van der Waals surface area (Å²) >= 11 is 7.47. The zero-order chi connectivity index (χ0) is 16.3. The van der Waals surface area contributed by atoms with Gasteiger partial charge < -0.3 is 14.8 Å². The molecule has 1 aliphatic heterocycles. The second-order valence-electron chi connectivity index (χ2n) is 5.21. The van der Waals surface area contributed by atoms with Crippen LogP contribution in [0.15, 0.2) is 18.2 Å². The van der Waals surface area contributed by atoms with Crippen molar-refractivity contribution in [1.29, 1.82) is 0 Å². The van der Waals surface area contributed by atoms with Gasteiger partial charge in [-0.05, 0) is 39.0 Å². The molecule has 1 heterocycles. The smallest absolute Gasteiger partial charge is 0.339 e. The maximum absolute atomic E-state index is 12.2. The molecular formula is C15H18ClNO4S. The fraction of sp³-hybridized carbons (Fsp3) is 0.467. The molecule has 2 atom stereocenters. The van der Waals surface area contributed by atoms with E-state index in [-0.39, 0.29) is 34.0 Å². The minimum absolute atomic E-state index is 0.136. The molecule has 22 heavy (non-hydrogen) atoms. The summed E-state index contributed by atoms with van der Waals surface area (Å²) in [5, 5.41) is 2.81. The highest BCUT2D eigenvalue weighted by atomic mass is 35.5. The van der Waals surface area contributed by atoms with Crippen LogP contribution in [0.3, 0.4) is 0 Å². The van der Waals surface area contributed by atoms with Crippen molar-refractivity contribution in [3.63, 3.8) is 0 Å². The topological polar surface area (TPSA) is 64.6 Å².